The van der Waals surface area contributed by atoms with Gasteiger partial charge in [0.1, 0.15) is 6.07 Å². The van der Waals surface area contributed by atoms with E-state index in [0.717, 1.165) is 37.1 Å². The van der Waals surface area contributed by atoms with E-state index in [1.807, 2.05) is 19.9 Å². The van der Waals surface area contributed by atoms with E-state index in [9.17, 15) is 10.4 Å². The summed E-state index contributed by atoms with van der Waals surface area (Å²) in [6, 6.07) is 6.23. The number of aliphatic hydroxyl groups is 1. The van der Waals surface area contributed by atoms with Crippen LogP contribution in [0.3, 0.4) is 0 Å². The van der Waals surface area contributed by atoms with Crippen LogP contribution in [-0.4, -0.2) is 23.3 Å². The lowest BCUT2D eigenvalue weighted by Crippen LogP contribution is -2.40. The van der Waals surface area contributed by atoms with E-state index in [2.05, 4.69) is 24.8 Å². The average Bonchev–Trinajstić information content (AvgIpc) is 2.83. The maximum Gasteiger partial charge on any atom is 0.101 e. The molecular weight excluding hydrogens is 296 g/mol. The smallest absolute Gasteiger partial charge is 0.101 e. The summed E-state index contributed by atoms with van der Waals surface area (Å²) in [4.78, 5) is 2.33. The van der Waals surface area contributed by atoms with Gasteiger partial charge in [0.2, 0.25) is 0 Å². The molecule has 1 aromatic rings. The summed E-state index contributed by atoms with van der Waals surface area (Å²) < 4.78 is 0. The number of hydrogen-bond donors (Lipinski definition) is 1. The van der Waals surface area contributed by atoms with E-state index in [1.165, 1.54) is 0 Å². The minimum atomic E-state index is -0.685. The second-order valence-electron chi connectivity index (χ2n) is 6.77. The Bertz CT molecular complexity index is 586. The summed E-state index contributed by atoms with van der Waals surface area (Å²) >= 11 is 6.45. The summed E-state index contributed by atoms with van der Waals surface area (Å²) in [6.07, 6.45) is 2.81. The van der Waals surface area contributed by atoms with Crippen LogP contribution in [0.1, 0.15) is 51.7 Å². The van der Waals surface area contributed by atoms with Crippen LogP contribution < -0.4 is 4.90 Å². The van der Waals surface area contributed by atoms with E-state index in [1.54, 1.807) is 6.07 Å². The van der Waals surface area contributed by atoms with Crippen molar-refractivity contribution in [1.82, 2.24) is 0 Å². The highest BCUT2D eigenvalue weighted by Gasteiger charge is 2.40. The monoisotopic (exact) mass is 320 g/mol. The fourth-order valence-corrected chi connectivity index (χ4v) is 3.97. The molecule has 0 spiro atoms. The van der Waals surface area contributed by atoms with Gasteiger partial charge in [0.25, 0.3) is 0 Å². The summed E-state index contributed by atoms with van der Waals surface area (Å²) in [5, 5.41) is 20.1. The van der Waals surface area contributed by atoms with Gasteiger partial charge < -0.3 is 10.0 Å². The number of hydrogen-bond acceptors (Lipinski definition) is 3. The molecular formula is C18H25ClN2O. The van der Waals surface area contributed by atoms with Crippen molar-refractivity contribution in [1.29, 1.82) is 5.26 Å². The van der Waals surface area contributed by atoms with Crippen LogP contribution in [-0.2, 0) is 6.42 Å². The van der Waals surface area contributed by atoms with E-state index in [-0.39, 0.29) is 12.0 Å². The maximum atomic E-state index is 10.4. The van der Waals surface area contributed by atoms with Crippen molar-refractivity contribution in [3.05, 3.63) is 28.3 Å². The van der Waals surface area contributed by atoms with Crippen molar-refractivity contribution < 1.29 is 5.11 Å². The first kappa shape index (κ1) is 17.1. The molecule has 1 fully saturated rings. The quantitative estimate of drug-likeness (QED) is 0.906. The number of anilines is 1. The van der Waals surface area contributed by atoms with E-state index >= 15 is 0 Å². The Morgan fingerprint density at radius 2 is 2.14 bits per heavy atom. The Labute approximate surface area is 138 Å². The minimum Gasteiger partial charge on any atom is -0.390 e. The van der Waals surface area contributed by atoms with Gasteiger partial charge in [0, 0.05) is 24.2 Å². The largest absolute Gasteiger partial charge is 0.390 e. The average molecular weight is 321 g/mol. The molecule has 4 heteroatoms. The molecule has 1 aliphatic rings. The van der Waals surface area contributed by atoms with Crippen LogP contribution in [0, 0.1) is 17.2 Å². The first-order valence-electron chi connectivity index (χ1n) is 8.01. The molecule has 0 bridgehead atoms. The molecule has 2 atom stereocenters. The van der Waals surface area contributed by atoms with Gasteiger partial charge >= 0.3 is 0 Å². The first-order valence-corrected chi connectivity index (χ1v) is 8.39. The SMILES string of the molecule is CCCc1c(N2CC[C@H](C(C)(C)O)[C@@H]2C)ccc(C#N)c1Cl. The lowest BCUT2D eigenvalue weighted by Gasteiger charge is -2.34. The summed E-state index contributed by atoms with van der Waals surface area (Å²) in [6.45, 7) is 8.96. The van der Waals surface area contributed by atoms with Crippen LogP contribution in [0.5, 0.6) is 0 Å². The topological polar surface area (TPSA) is 47.3 Å². The molecule has 0 saturated carbocycles. The normalized spacial score (nSPS) is 22.0. The minimum absolute atomic E-state index is 0.233. The van der Waals surface area contributed by atoms with Crippen molar-refractivity contribution in [3.8, 4) is 6.07 Å². The zero-order valence-electron chi connectivity index (χ0n) is 13.9. The molecule has 1 saturated heterocycles. The molecule has 1 aliphatic heterocycles. The molecule has 0 aromatic heterocycles. The summed E-state index contributed by atoms with van der Waals surface area (Å²) in [5.41, 5.74) is 2.03. The zero-order valence-corrected chi connectivity index (χ0v) is 14.6. The van der Waals surface area contributed by atoms with Crippen molar-refractivity contribution in [2.75, 3.05) is 11.4 Å². The molecule has 120 valence electrons. The molecule has 1 heterocycles. The molecule has 0 amide bonds. The third-order valence-corrected chi connectivity index (χ3v) is 5.24. The van der Waals surface area contributed by atoms with Gasteiger partial charge in [-0.05, 0) is 51.3 Å². The lowest BCUT2D eigenvalue weighted by atomic mass is 9.85. The highest BCUT2D eigenvalue weighted by atomic mass is 35.5. The molecule has 1 aromatic carbocycles. The Morgan fingerprint density at radius 3 is 2.64 bits per heavy atom. The number of benzene rings is 1. The highest BCUT2D eigenvalue weighted by molar-refractivity contribution is 6.33. The fourth-order valence-electron chi connectivity index (χ4n) is 3.68. The van der Waals surface area contributed by atoms with Gasteiger partial charge in [-0.15, -0.1) is 0 Å². The highest BCUT2D eigenvalue weighted by Crippen LogP contribution is 2.40. The number of nitriles is 1. The molecule has 0 radical (unpaired) electrons. The Balaban J connectivity index is 2.41. The van der Waals surface area contributed by atoms with Gasteiger partial charge in [-0.1, -0.05) is 24.9 Å². The van der Waals surface area contributed by atoms with Gasteiger partial charge in [-0.2, -0.15) is 5.26 Å². The summed E-state index contributed by atoms with van der Waals surface area (Å²) in [7, 11) is 0. The molecule has 0 unspecified atom stereocenters. The van der Waals surface area contributed by atoms with Crippen molar-refractivity contribution in [3.63, 3.8) is 0 Å². The number of nitrogens with zero attached hydrogens (tertiary/aromatic N) is 2. The molecule has 2 rings (SSSR count). The fraction of sp³-hybridized carbons (Fsp3) is 0.611. The van der Waals surface area contributed by atoms with Crippen LogP contribution in [0.15, 0.2) is 12.1 Å². The van der Waals surface area contributed by atoms with Crippen molar-refractivity contribution >= 4 is 17.3 Å². The van der Waals surface area contributed by atoms with Crippen molar-refractivity contribution in [2.24, 2.45) is 5.92 Å². The third kappa shape index (κ3) is 3.09. The van der Waals surface area contributed by atoms with Crippen LogP contribution >= 0.6 is 11.6 Å². The zero-order chi connectivity index (χ0) is 16.5. The number of halogens is 1. The number of rotatable bonds is 4. The molecule has 0 aliphatic carbocycles. The second-order valence-corrected chi connectivity index (χ2v) is 7.15. The van der Waals surface area contributed by atoms with Crippen LogP contribution in [0.25, 0.3) is 0 Å². The Kier molecular flexibility index (Phi) is 5.04. The van der Waals surface area contributed by atoms with Gasteiger partial charge in [0.05, 0.1) is 16.2 Å². The van der Waals surface area contributed by atoms with Gasteiger partial charge in [-0.3, -0.25) is 0 Å². The van der Waals surface area contributed by atoms with Crippen LogP contribution in [0.4, 0.5) is 5.69 Å². The molecule has 1 N–H and O–H groups in total. The standard InChI is InChI=1S/C18H25ClN2O/c1-5-6-14-16(8-7-13(11-20)17(14)19)21-10-9-15(12(21)2)18(3,4)22/h7-8,12,15,22H,5-6,9-10H2,1-4H3/t12-,15-/m0/s1. The molecule has 3 nitrogen and oxygen atoms in total. The summed E-state index contributed by atoms with van der Waals surface area (Å²) in [5.74, 6) is 0.233. The Hall–Kier alpha value is -1.24. The lowest BCUT2D eigenvalue weighted by molar-refractivity contribution is 0.0156. The predicted octanol–water partition coefficient (Wildman–Crippen LogP) is 4.15. The van der Waals surface area contributed by atoms with Gasteiger partial charge in [0.15, 0.2) is 0 Å². The second kappa shape index (κ2) is 6.48. The first-order chi connectivity index (χ1) is 10.3. The van der Waals surface area contributed by atoms with Crippen molar-refractivity contribution in [2.45, 2.75) is 58.6 Å². The maximum absolute atomic E-state index is 10.4. The van der Waals surface area contributed by atoms with E-state index < -0.39 is 5.60 Å². The predicted molar refractivity (Wildman–Crippen MR) is 91.4 cm³/mol. The Morgan fingerprint density at radius 1 is 1.45 bits per heavy atom. The van der Waals surface area contributed by atoms with E-state index in [4.69, 9.17) is 11.6 Å². The van der Waals surface area contributed by atoms with E-state index in [0.29, 0.717) is 10.6 Å². The molecule has 22 heavy (non-hydrogen) atoms. The van der Waals surface area contributed by atoms with Crippen LogP contribution in [0.2, 0.25) is 5.02 Å². The third-order valence-electron chi connectivity index (χ3n) is 4.81. The van der Waals surface area contributed by atoms with Gasteiger partial charge in [-0.25, -0.2) is 0 Å².